The van der Waals surface area contributed by atoms with Gasteiger partial charge in [-0.3, -0.25) is 9.59 Å². The molecule has 1 N–H and O–H groups in total. The van der Waals surface area contributed by atoms with Gasteiger partial charge in [0, 0.05) is 18.7 Å². The van der Waals surface area contributed by atoms with Crippen molar-refractivity contribution in [1.82, 2.24) is 10.2 Å². The van der Waals surface area contributed by atoms with Crippen molar-refractivity contribution in [2.24, 2.45) is 0 Å². The Labute approximate surface area is 157 Å². The second kappa shape index (κ2) is 7.53. The molecule has 2 saturated heterocycles. The number of esters is 1. The number of amides is 2. The van der Waals surface area contributed by atoms with Gasteiger partial charge in [0.1, 0.15) is 10.9 Å². The number of benzene rings is 1. The highest BCUT2D eigenvalue weighted by Crippen LogP contribution is 2.54. The van der Waals surface area contributed by atoms with Crippen molar-refractivity contribution >= 4 is 29.5 Å². The standard InChI is InChI=1S/C19H22N2O4S/c1-3-11-20-17(23)13(2)25-18(24)15-12-26-19(10-9-16(22)21(15)19)14-7-5-4-6-8-14/h3-8,13,15H,1,9-12H2,2H3,(H,20,23)/t13-,15-,19-/m1/s1. The SMILES string of the molecule is C=CCNC(=O)[C@@H](C)OC(=O)[C@H]1CS[C@@]2(c3ccccc3)CCC(=O)N12. The number of ether oxygens (including phenoxy) is 1. The lowest BCUT2D eigenvalue weighted by Gasteiger charge is -2.33. The molecule has 0 aromatic heterocycles. The highest BCUT2D eigenvalue weighted by Gasteiger charge is 2.57. The Hall–Kier alpha value is -2.28. The Bertz CT molecular complexity index is 724. The van der Waals surface area contributed by atoms with E-state index in [0.717, 1.165) is 5.56 Å². The largest absolute Gasteiger partial charge is 0.451 e. The summed E-state index contributed by atoms with van der Waals surface area (Å²) in [5.74, 6) is -0.511. The number of rotatable bonds is 6. The van der Waals surface area contributed by atoms with Gasteiger partial charge in [-0.05, 0) is 18.9 Å². The lowest BCUT2D eigenvalue weighted by Crippen LogP contribution is -2.48. The first kappa shape index (κ1) is 18.5. The zero-order valence-corrected chi connectivity index (χ0v) is 15.5. The third kappa shape index (κ3) is 3.23. The van der Waals surface area contributed by atoms with Crippen molar-refractivity contribution in [3.8, 4) is 0 Å². The predicted molar refractivity (Wildman–Crippen MR) is 99.2 cm³/mol. The molecule has 1 aromatic rings. The fourth-order valence-corrected chi connectivity index (χ4v) is 5.07. The molecule has 0 saturated carbocycles. The van der Waals surface area contributed by atoms with Crippen LogP contribution in [0.15, 0.2) is 43.0 Å². The summed E-state index contributed by atoms with van der Waals surface area (Å²) >= 11 is 1.59. The van der Waals surface area contributed by atoms with Crippen LogP contribution in [0.4, 0.5) is 0 Å². The summed E-state index contributed by atoms with van der Waals surface area (Å²) in [5.41, 5.74) is 1.02. The first-order valence-electron chi connectivity index (χ1n) is 8.60. The molecule has 2 aliphatic rings. The van der Waals surface area contributed by atoms with Crippen LogP contribution in [0, 0.1) is 0 Å². The minimum atomic E-state index is -0.920. The maximum Gasteiger partial charge on any atom is 0.330 e. The highest BCUT2D eigenvalue weighted by atomic mass is 32.2. The lowest BCUT2D eigenvalue weighted by molar-refractivity contribution is -0.161. The normalized spacial score (nSPS) is 25.5. The number of nitrogens with zero attached hydrogens (tertiary/aromatic N) is 1. The zero-order valence-electron chi connectivity index (χ0n) is 14.6. The number of hydrogen-bond acceptors (Lipinski definition) is 5. The summed E-state index contributed by atoms with van der Waals surface area (Å²) in [5, 5.41) is 2.60. The number of hydrogen-bond donors (Lipinski definition) is 1. The summed E-state index contributed by atoms with van der Waals surface area (Å²) in [4.78, 5) is 38.2. The van der Waals surface area contributed by atoms with E-state index < -0.39 is 23.0 Å². The summed E-state index contributed by atoms with van der Waals surface area (Å²) in [6.07, 6.45) is 1.70. The van der Waals surface area contributed by atoms with Crippen LogP contribution in [-0.2, 0) is 24.0 Å². The van der Waals surface area contributed by atoms with Gasteiger partial charge in [-0.25, -0.2) is 4.79 Å². The molecule has 2 heterocycles. The van der Waals surface area contributed by atoms with Crippen LogP contribution in [0.2, 0.25) is 0 Å². The van der Waals surface area contributed by atoms with Crippen LogP contribution in [0.5, 0.6) is 0 Å². The molecule has 7 heteroatoms. The first-order valence-corrected chi connectivity index (χ1v) is 9.59. The van der Waals surface area contributed by atoms with Crippen molar-refractivity contribution in [3.05, 3.63) is 48.6 Å². The monoisotopic (exact) mass is 374 g/mol. The number of fused-ring (bicyclic) bond motifs is 1. The van der Waals surface area contributed by atoms with Gasteiger partial charge in [0.25, 0.3) is 5.91 Å². The molecule has 3 rings (SSSR count). The van der Waals surface area contributed by atoms with E-state index in [1.165, 1.54) is 6.92 Å². The topological polar surface area (TPSA) is 75.7 Å². The van der Waals surface area contributed by atoms with Crippen molar-refractivity contribution in [3.63, 3.8) is 0 Å². The van der Waals surface area contributed by atoms with Crippen molar-refractivity contribution < 1.29 is 19.1 Å². The van der Waals surface area contributed by atoms with Crippen LogP contribution >= 0.6 is 11.8 Å². The average Bonchev–Trinajstić information content (AvgIpc) is 3.20. The van der Waals surface area contributed by atoms with Gasteiger partial charge in [-0.15, -0.1) is 18.3 Å². The van der Waals surface area contributed by atoms with Gasteiger partial charge in [-0.2, -0.15) is 0 Å². The van der Waals surface area contributed by atoms with E-state index >= 15 is 0 Å². The number of carbonyl (C=O) groups excluding carboxylic acids is 3. The lowest BCUT2D eigenvalue weighted by atomic mass is 10.0. The van der Waals surface area contributed by atoms with Gasteiger partial charge in [0.2, 0.25) is 5.91 Å². The van der Waals surface area contributed by atoms with Crippen LogP contribution in [0.25, 0.3) is 0 Å². The first-order chi connectivity index (χ1) is 12.5. The minimum Gasteiger partial charge on any atom is -0.451 e. The maximum atomic E-state index is 12.7. The number of thioether (sulfide) groups is 1. The Morgan fingerprint density at radius 2 is 2.19 bits per heavy atom. The summed E-state index contributed by atoms with van der Waals surface area (Å²) < 4.78 is 5.34. The molecular formula is C19H22N2O4S. The van der Waals surface area contributed by atoms with Gasteiger partial charge >= 0.3 is 5.97 Å². The third-order valence-corrected chi connectivity index (χ3v) is 6.30. The molecule has 138 valence electrons. The van der Waals surface area contributed by atoms with Gasteiger partial charge in [0.05, 0.1) is 0 Å². The molecule has 0 bridgehead atoms. The van der Waals surface area contributed by atoms with Crippen molar-refractivity contribution in [2.45, 2.75) is 36.8 Å². The Morgan fingerprint density at radius 1 is 1.46 bits per heavy atom. The summed E-state index contributed by atoms with van der Waals surface area (Å²) in [6.45, 7) is 5.36. The maximum absolute atomic E-state index is 12.7. The zero-order chi connectivity index (χ0) is 18.7. The molecule has 0 aliphatic carbocycles. The van der Waals surface area contributed by atoms with Crippen molar-refractivity contribution in [1.29, 1.82) is 0 Å². The van der Waals surface area contributed by atoms with Crippen LogP contribution in [-0.4, -0.2) is 47.1 Å². The molecule has 0 radical (unpaired) electrons. The summed E-state index contributed by atoms with van der Waals surface area (Å²) in [7, 11) is 0. The van der Waals surface area contributed by atoms with Crippen LogP contribution < -0.4 is 5.32 Å². The molecule has 1 aromatic carbocycles. The van der Waals surface area contributed by atoms with E-state index in [0.29, 0.717) is 25.1 Å². The molecule has 3 atom stereocenters. The Kier molecular flexibility index (Phi) is 5.36. The molecule has 6 nitrogen and oxygen atoms in total. The third-order valence-electron chi connectivity index (χ3n) is 4.71. The van der Waals surface area contributed by atoms with Gasteiger partial charge in [-0.1, -0.05) is 36.4 Å². The number of nitrogens with one attached hydrogen (secondary N) is 1. The fourth-order valence-electron chi connectivity index (χ4n) is 3.44. The van der Waals surface area contributed by atoms with E-state index in [9.17, 15) is 14.4 Å². The van der Waals surface area contributed by atoms with Gasteiger partial charge < -0.3 is 15.0 Å². The smallest absolute Gasteiger partial charge is 0.330 e. The molecule has 26 heavy (non-hydrogen) atoms. The quantitative estimate of drug-likeness (QED) is 0.607. The van der Waals surface area contributed by atoms with Crippen LogP contribution in [0.1, 0.15) is 25.3 Å². The highest BCUT2D eigenvalue weighted by molar-refractivity contribution is 8.00. The fraction of sp³-hybridized carbons (Fsp3) is 0.421. The minimum absolute atomic E-state index is 0.0513. The second-order valence-electron chi connectivity index (χ2n) is 6.35. The van der Waals surface area contributed by atoms with Gasteiger partial charge in [0.15, 0.2) is 6.10 Å². The van der Waals surface area contributed by atoms with E-state index in [2.05, 4.69) is 11.9 Å². The van der Waals surface area contributed by atoms with E-state index in [4.69, 9.17) is 4.74 Å². The molecule has 0 spiro atoms. The molecule has 2 amide bonds. The van der Waals surface area contributed by atoms with Crippen LogP contribution in [0.3, 0.4) is 0 Å². The van der Waals surface area contributed by atoms with E-state index in [1.807, 2.05) is 30.3 Å². The average molecular weight is 374 g/mol. The Balaban J connectivity index is 1.75. The summed E-state index contributed by atoms with van der Waals surface area (Å²) in [6, 6.07) is 9.09. The van der Waals surface area contributed by atoms with E-state index in [1.54, 1.807) is 22.7 Å². The number of carbonyl (C=O) groups is 3. The molecule has 2 aliphatic heterocycles. The predicted octanol–water partition coefficient (Wildman–Crippen LogP) is 1.81. The molecular weight excluding hydrogens is 352 g/mol. The van der Waals surface area contributed by atoms with E-state index in [-0.39, 0.29) is 11.8 Å². The molecule has 2 fully saturated rings. The Morgan fingerprint density at radius 3 is 2.88 bits per heavy atom. The van der Waals surface area contributed by atoms with Crippen molar-refractivity contribution in [2.75, 3.05) is 12.3 Å². The molecule has 0 unspecified atom stereocenters. The second-order valence-corrected chi connectivity index (χ2v) is 7.65.